The summed E-state index contributed by atoms with van der Waals surface area (Å²) in [4.78, 5) is 11.0. The minimum Gasteiger partial charge on any atom is -0.381 e. The molecule has 1 heterocycles. The lowest BCUT2D eigenvalue weighted by atomic mass is 10.2. The monoisotopic (exact) mass is 105 g/mol. The highest BCUT2D eigenvalue weighted by molar-refractivity contribution is 5.78. The molecule has 1 unspecified atom stereocenters. The van der Waals surface area contributed by atoms with Crippen LogP contribution in [-0.2, 0) is 9.53 Å². The molecule has 0 aliphatic carbocycles. The zero-order chi connectivity index (χ0) is 9.57. The van der Waals surface area contributed by atoms with Crippen molar-refractivity contribution in [1.29, 1.82) is 0 Å². The molecule has 0 spiro atoms. The Hall–Kier alpha value is -0.370. The van der Waals surface area contributed by atoms with Crippen molar-refractivity contribution >= 4 is 5.78 Å². The van der Waals surface area contributed by atoms with Gasteiger partial charge in [-0.1, -0.05) is 0 Å². The van der Waals surface area contributed by atoms with Crippen LogP contribution in [0.15, 0.2) is 0 Å². The minimum absolute atomic E-state index is 0.542. The van der Waals surface area contributed by atoms with Gasteiger partial charge in [0, 0.05) is 18.2 Å². The number of ketones is 1. The first-order valence-electron chi connectivity index (χ1n) is 4.45. The van der Waals surface area contributed by atoms with Gasteiger partial charge in [-0.3, -0.25) is 4.79 Å². The maximum atomic E-state index is 11.0. The van der Waals surface area contributed by atoms with Crippen molar-refractivity contribution in [2.45, 2.75) is 12.7 Å². The predicted octanol–water partition coefficient (Wildman–Crippen LogP) is 0.366. The average molecular weight is 105 g/mol. The molecule has 7 heavy (non-hydrogen) atoms. The van der Waals surface area contributed by atoms with Crippen molar-refractivity contribution in [2.24, 2.45) is 0 Å². The van der Waals surface area contributed by atoms with Gasteiger partial charge in [0.25, 0.3) is 0 Å². The molecule has 1 fully saturated rings. The maximum absolute atomic E-state index is 11.0. The molecule has 1 aliphatic heterocycles. The third-order valence-electron chi connectivity index (χ3n) is 0.589. The first-order chi connectivity index (χ1) is 5.28. The molecule has 1 rings (SSSR count). The number of carbonyl (C=O) groups is 1. The molecule has 0 saturated carbocycles. The molecule has 1 atom stereocenters. The Morgan fingerprint density at radius 1 is 1.71 bits per heavy atom. The summed E-state index contributed by atoms with van der Waals surface area (Å²) in [6, 6.07) is 0. The molecule has 0 N–H and O–H groups in total. The number of Topliss-reactive ketones (excluding diaryl/α,β-unsaturated/α-hetero) is 1. The van der Waals surface area contributed by atoms with Gasteiger partial charge in [-0.05, 0) is 0 Å². The molecular formula is C5H8O2. The third kappa shape index (κ3) is 1.27. The predicted molar refractivity (Wildman–Crippen MR) is 25.1 cm³/mol. The van der Waals surface area contributed by atoms with Crippen molar-refractivity contribution in [2.75, 3.05) is 13.2 Å². The maximum Gasteiger partial charge on any atom is 0.137 e. The van der Waals surface area contributed by atoms with Crippen molar-refractivity contribution in [1.82, 2.24) is 0 Å². The van der Waals surface area contributed by atoms with Crippen LogP contribution < -0.4 is 0 Å². The highest BCUT2D eigenvalue weighted by atomic mass is 16.5. The van der Waals surface area contributed by atoms with E-state index in [1.165, 1.54) is 0 Å². The zero-order valence-electron chi connectivity index (χ0n) is 8.60. The number of carbonyl (C=O) groups excluding carboxylic acids is 1. The van der Waals surface area contributed by atoms with Crippen LogP contribution in [0.2, 0.25) is 0 Å². The lowest BCUT2D eigenvalue weighted by molar-refractivity contribution is -0.124. The van der Waals surface area contributed by atoms with Crippen LogP contribution in [-0.4, -0.2) is 19.0 Å². The quantitative estimate of drug-likeness (QED) is 0.444. The summed E-state index contributed by atoms with van der Waals surface area (Å²) < 4.78 is 39.7. The molecule has 0 bridgehead atoms. The fourth-order valence-corrected chi connectivity index (χ4v) is 0.295. The second kappa shape index (κ2) is 2.07. The van der Waals surface area contributed by atoms with Gasteiger partial charge >= 0.3 is 0 Å². The van der Waals surface area contributed by atoms with E-state index in [1.54, 1.807) is 0 Å². The summed E-state index contributed by atoms with van der Waals surface area (Å²) in [6.45, 7) is -2.16. The minimum atomic E-state index is -2.54. The Balaban J connectivity index is 2.94. The fraction of sp³-hybridized carbons (Fsp3) is 0.800. The summed E-state index contributed by atoms with van der Waals surface area (Å²) >= 11 is 0. The van der Waals surface area contributed by atoms with Gasteiger partial charge in [0.15, 0.2) is 0 Å². The lowest BCUT2D eigenvalue weighted by Gasteiger charge is -2.07. The van der Waals surface area contributed by atoms with Crippen LogP contribution in [0.25, 0.3) is 0 Å². The molecule has 0 amide bonds. The SMILES string of the molecule is [2H]C1OCC([2H])([2H])C(=O)C1([2H])[2H]. The van der Waals surface area contributed by atoms with E-state index in [-0.39, 0.29) is 0 Å². The first kappa shape index (κ1) is 1.55. The van der Waals surface area contributed by atoms with Crippen LogP contribution in [0.4, 0.5) is 0 Å². The van der Waals surface area contributed by atoms with Crippen molar-refractivity contribution in [3.8, 4) is 0 Å². The largest absolute Gasteiger partial charge is 0.381 e. The number of hydrogen-bond donors (Lipinski definition) is 0. The first-order valence-corrected chi connectivity index (χ1v) is 1.87. The highest BCUT2D eigenvalue weighted by Gasteiger charge is 2.06. The second-order valence-corrected chi connectivity index (χ2v) is 1.08. The summed E-state index contributed by atoms with van der Waals surface area (Å²) in [5.74, 6) is -1.21. The molecule has 2 heteroatoms. The summed E-state index contributed by atoms with van der Waals surface area (Å²) in [5, 5.41) is 0. The smallest absolute Gasteiger partial charge is 0.137 e. The molecule has 0 aromatic rings. The Morgan fingerprint density at radius 3 is 3.29 bits per heavy atom. The van der Waals surface area contributed by atoms with Crippen LogP contribution >= 0.6 is 0 Å². The standard InChI is InChI=1S/C5H8O2/c6-5-1-3-7-4-2-5/h1-4H2/i1D2,2D2,3D. The van der Waals surface area contributed by atoms with Crippen LogP contribution in [0.3, 0.4) is 0 Å². The van der Waals surface area contributed by atoms with E-state index in [2.05, 4.69) is 4.74 Å². The third-order valence-corrected chi connectivity index (χ3v) is 0.589. The molecule has 0 aromatic heterocycles. The Labute approximate surface area is 49.5 Å². The fourth-order valence-electron chi connectivity index (χ4n) is 0.295. The van der Waals surface area contributed by atoms with Gasteiger partial charge < -0.3 is 4.74 Å². The zero-order valence-corrected chi connectivity index (χ0v) is 3.60. The molecular weight excluding hydrogens is 92.1 g/mol. The van der Waals surface area contributed by atoms with Gasteiger partial charge in [-0.15, -0.1) is 0 Å². The van der Waals surface area contributed by atoms with Crippen LogP contribution in [0, 0.1) is 0 Å². The number of ether oxygens (including phenoxy) is 1. The van der Waals surface area contributed by atoms with E-state index in [4.69, 9.17) is 6.85 Å². The second-order valence-electron chi connectivity index (χ2n) is 1.08. The van der Waals surface area contributed by atoms with Gasteiger partial charge in [0.05, 0.1) is 14.6 Å². The molecule has 1 saturated heterocycles. The summed E-state index contributed by atoms with van der Waals surface area (Å²) in [6.07, 6.45) is -4.84. The van der Waals surface area contributed by atoms with Crippen molar-refractivity contribution < 1.29 is 16.4 Å². The van der Waals surface area contributed by atoms with Crippen LogP contribution in [0.5, 0.6) is 0 Å². The molecule has 0 radical (unpaired) electrons. The normalized spacial score (nSPS) is 58.0. The van der Waals surface area contributed by atoms with E-state index >= 15 is 0 Å². The van der Waals surface area contributed by atoms with Crippen molar-refractivity contribution in [3.05, 3.63) is 0 Å². The number of rotatable bonds is 0. The molecule has 2 nitrogen and oxygen atoms in total. The van der Waals surface area contributed by atoms with E-state index in [0.29, 0.717) is 0 Å². The average Bonchev–Trinajstić information content (AvgIpc) is 1.96. The van der Waals surface area contributed by atoms with E-state index in [0.717, 1.165) is 0 Å². The van der Waals surface area contributed by atoms with E-state index in [9.17, 15) is 4.79 Å². The Bertz CT molecular complexity index is 214. The highest BCUT2D eigenvalue weighted by Crippen LogP contribution is 1.98. The van der Waals surface area contributed by atoms with Crippen molar-refractivity contribution in [3.63, 3.8) is 0 Å². The topological polar surface area (TPSA) is 26.3 Å². The van der Waals surface area contributed by atoms with E-state index in [1.807, 2.05) is 0 Å². The van der Waals surface area contributed by atoms with Gasteiger partial charge in [0.2, 0.25) is 0 Å². The van der Waals surface area contributed by atoms with Gasteiger partial charge in [-0.2, -0.15) is 0 Å². The molecule has 40 valence electrons. The van der Waals surface area contributed by atoms with E-state index < -0.39 is 31.7 Å². The lowest BCUT2D eigenvalue weighted by Crippen LogP contribution is -2.14. The van der Waals surface area contributed by atoms with Crippen LogP contribution in [0.1, 0.15) is 19.6 Å². The molecule has 0 aromatic carbocycles. The van der Waals surface area contributed by atoms with Gasteiger partial charge in [-0.25, -0.2) is 0 Å². The molecule has 1 aliphatic rings. The Kier molecular flexibility index (Phi) is 0.460. The summed E-state index contributed by atoms with van der Waals surface area (Å²) in [7, 11) is 0. The number of hydrogen-bond acceptors (Lipinski definition) is 2. The Morgan fingerprint density at radius 2 is 2.57 bits per heavy atom. The van der Waals surface area contributed by atoms with Gasteiger partial charge in [0.1, 0.15) is 5.78 Å². The summed E-state index contributed by atoms with van der Waals surface area (Å²) in [5.41, 5.74) is 0.